The molecule has 0 bridgehead atoms. The fourth-order valence-electron chi connectivity index (χ4n) is 2.61. The molecule has 2 aromatic carbocycles. The van der Waals surface area contributed by atoms with E-state index < -0.39 is 0 Å². The van der Waals surface area contributed by atoms with Crippen LogP contribution in [-0.2, 0) is 0 Å². The lowest BCUT2D eigenvalue weighted by atomic mass is 10.1. The highest BCUT2D eigenvalue weighted by Crippen LogP contribution is 2.33. The summed E-state index contributed by atoms with van der Waals surface area (Å²) >= 11 is 5.99. The van der Waals surface area contributed by atoms with Gasteiger partial charge in [0.15, 0.2) is 0 Å². The Morgan fingerprint density at radius 2 is 1.81 bits per heavy atom. The number of H-pyrrole nitrogens is 1. The molecule has 102 valence electrons. The van der Waals surface area contributed by atoms with Gasteiger partial charge in [0.2, 0.25) is 0 Å². The van der Waals surface area contributed by atoms with Crippen LogP contribution in [0.25, 0.3) is 27.8 Å². The second-order valence-electron chi connectivity index (χ2n) is 4.87. The van der Waals surface area contributed by atoms with Crippen LogP contribution in [0.2, 0.25) is 5.02 Å². The van der Waals surface area contributed by atoms with Crippen LogP contribution in [0.3, 0.4) is 0 Å². The number of nitrogens with one attached hydrogen (secondary N) is 1. The van der Waals surface area contributed by atoms with E-state index in [1.54, 1.807) is 6.20 Å². The van der Waals surface area contributed by atoms with Gasteiger partial charge in [0.05, 0.1) is 17.7 Å². The first kappa shape index (κ1) is 12.2. The molecule has 2 heterocycles. The summed E-state index contributed by atoms with van der Waals surface area (Å²) in [5.41, 5.74) is 4.36. The minimum Gasteiger partial charge on any atom is -0.353 e. The summed E-state index contributed by atoms with van der Waals surface area (Å²) in [6.07, 6.45) is 5.55. The maximum Gasteiger partial charge on any atom is 0.0992 e. The number of imidazole rings is 1. The fourth-order valence-corrected chi connectivity index (χ4v) is 2.74. The average molecular weight is 294 g/mol. The Morgan fingerprint density at radius 1 is 1.00 bits per heavy atom. The Hall–Kier alpha value is -2.52. The highest BCUT2D eigenvalue weighted by atomic mass is 35.5. The van der Waals surface area contributed by atoms with E-state index in [0.717, 1.165) is 27.5 Å². The molecule has 0 amide bonds. The molecule has 21 heavy (non-hydrogen) atoms. The van der Waals surface area contributed by atoms with Crippen molar-refractivity contribution in [2.24, 2.45) is 0 Å². The van der Waals surface area contributed by atoms with Crippen LogP contribution in [0.1, 0.15) is 0 Å². The van der Waals surface area contributed by atoms with E-state index in [0.29, 0.717) is 0 Å². The molecule has 0 fully saturated rings. The molecular formula is C17H12ClN3. The minimum absolute atomic E-state index is 0.735. The van der Waals surface area contributed by atoms with Crippen molar-refractivity contribution < 1.29 is 0 Å². The van der Waals surface area contributed by atoms with Gasteiger partial charge in [0, 0.05) is 33.9 Å². The van der Waals surface area contributed by atoms with Crippen LogP contribution in [0.4, 0.5) is 0 Å². The van der Waals surface area contributed by atoms with Crippen LogP contribution in [0.5, 0.6) is 0 Å². The Balaban J connectivity index is 2.04. The number of hydrogen-bond donors (Lipinski definition) is 1. The highest BCUT2D eigenvalue weighted by Gasteiger charge is 2.14. The van der Waals surface area contributed by atoms with Crippen LogP contribution in [0, 0.1) is 0 Å². The summed E-state index contributed by atoms with van der Waals surface area (Å²) in [4.78, 5) is 7.66. The molecule has 4 aromatic rings. The normalized spacial score (nSPS) is 11.1. The van der Waals surface area contributed by atoms with Gasteiger partial charge in [-0.15, -0.1) is 0 Å². The largest absolute Gasteiger partial charge is 0.353 e. The number of benzene rings is 2. The molecule has 1 N–H and O–H groups in total. The quantitative estimate of drug-likeness (QED) is 0.572. The number of aromatic amines is 1. The van der Waals surface area contributed by atoms with Crippen LogP contribution in [-0.4, -0.2) is 14.5 Å². The Kier molecular flexibility index (Phi) is 2.79. The van der Waals surface area contributed by atoms with E-state index in [-0.39, 0.29) is 0 Å². The molecule has 0 unspecified atom stereocenters. The molecule has 0 spiro atoms. The summed E-state index contributed by atoms with van der Waals surface area (Å²) in [5.74, 6) is 0. The third-order valence-corrected chi connectivity index (χ3v) is 3.83. The molecule has 0 saturated carbocycles. The van der Waals surface area contributed by atoms with Gasteiger partial charge in [-0.2, -0.15) is 0 Å². The van der Waals surface area contributed by atoms with E-state index in [4.69, 9.17) is 11.6 Å². The fraction of sp³-hybridized carbons (Fsp3) is 0. The van der Waals surface area contributed by atoms with Crippen molar-refractivity contribution in [2.45, 2.75) is 0 Å². The Morgan fingerprint density at radius 3 is 2.57 bits per heavy atom. The number of halogens is 1. The number of aromatic nitrogens is 3. The number of fused-ring (bicyclic) bond motifs is 1. The van der Waals surface area contributed by atoms with Crippen molar-refractivity contribution in [1.82, 2.24) is 14.5 Å². The van der Waals surface area contributed by atoms with Gasteiger partial charge < -0.3 is 9.55 Å². The minimum atomic E-state index is 0.735. The topological polar surface area (TPSA) is 33.6 Å². The maximum atomic E-state index is 5.99. The maximum absolute atomic E-state index is 5.99. The first-order valence-electron chi connectivity index (χ1n) is 6.68. The van der Waals surface area contributed by atoms with E-state index in [2.05, 4.69) is 22.1 Å². The number of nitrogens with zero attached hydrogens (tertiary/aromatic N) is 2. The number of hydrogen-bond acceptors (Lipinski definition) is 1. The molecule has 3 nitrogen and oxygen atoms in total. The molecule has 2 aromatic heterocycles. The van der Waals surface area contributed by atoms with Crippen molar-refractivity contribution >= 4 is 22.5 Å². The lowest BCUT2D eigenvalue weighted by molar-refractivity contribution is 1.07. The first-order valence-corrected chi connectivity index (χ1v) is 7.06. The van der Waals surface area contributed by atoms with Crippen molar-refractivity contribution in [1.29, 1.82) is 0 Å². The van der Waals surface area contributed by atoms with Gasteiger partial charge in [-0.3, -0.25) is 0 Å². The van der Waals surface area contributed by atoms with Crippen molar-refractivity contribution in [2.75, 3.05) is 0 Å². The van der Waals surface area contributed by atoms with Gasteiger partial charge in [0.25, 0.3) is 0 Å². The van der Waals surface area contributed by atoms with Gasteiger partial charge in [-0.25, -0.2) is 4.98 Å². The van der Waals surface area contributed by atoms with Gasteiger partial charge >= 0.3 is 0 Å². The summed E-state index contributed by atoms with van der Waals surface area (Å²) in [6.45, 7) is 0. The molecule has 0 atom stereocenters. The zero-order valence-corrected chi connectivity index (χ0v) is 11.9. The van der Waals surface area contributed by atoms with E-state index >= 15 is 0 Å². The predicted molar refractivity (Wildman–Crippen MR) is 85.9 cm³/mol. The predicted octanol–water partition coefficient (Wildman–Crippen LogP) is 4.67. The SMILES string of the molecule is Clc1ccc(-c2[nH]c3ccccc3c2-n2ccnc2)cc1. The molecule has 0 aliphatic carbocycles. The Bertz CT molecular complexity index is 890. The van der Waals surface area contributed by atoms with Crippen LogP contribution < -0.4 is 0 Å². The molecule has 4 heteroatoms. The summed E-state index contributed by atoms with van der Waals surface area (Å²) < 4.78 is 2.03. The third kappa shape index (κ3) is 2.03. The number of para-hydroxylation sites is 1. The third-order valence-electron chi connectivity index (χ3n) is 3.57. The lowest BCUT2D eigenvalue weighted by Gasteiger charge is -2.06. The highest BCUT2D eigenvalue weighted by molar-refractivity contribution is 6.30. The van der Waals surface area contributed by atoms with Crippen molar-refractivity contribution in [3.05, 3.63) is 72.3 Å². The zero-order valence-electron chi connectivity index (χ0n) is 11.1. The number of rotatable bonds is 2. The van der Waals surface area contributed by atoms with E-state index in [9.17, 15) is 0 Å². The molecule has 0 saturated heterocycles. The monoisotopic (exact) mass is 293 g/mol. The van der Waals surface area contributed by atoms with E-state index in [1.807, 2.05) is 53.5 Å². The first-order chi connectivity index (χ1) is 10.3. The summed E-state index contributed by atoms with van der Waals surface area (Å²) in [6, 6.07) is 16.1. The van der Waals surface area contributed by atoms with Crippen LogP contribution in [0.15, 0.2) is 67.3 Å². The van der Waals surface area contributed by atoms with Crippen molar-refractivity contribution in [3.8, 4) is 16.9 Å². The standard InChI is InChI=1S/C17H12ClN3/c18-13-7-5-12(6-8-13)16-17(21-10-9-19-11-21)14-3-1-2-4-15(14)20-16/h1-11,20H. The second kappa shape index (κ2) is 4.79. The molecular weight excluding hydrogens is 282 g/mol. The molecule has 0 radical (unpaired) electrons. The lowest BCUT2D eigenvalue weighted by Crippen LogP contribution is -1.92. The van der Waals surface area contributed by atoms with Gasteiger partial charge in [0.1, 0.15) is 0 Å². The molecule has 4 rings (SSSR count). The zero-order chi connectivity index (χ0) is 14.2. The molecule has 0 aliphatic rings. The van der Waals surface area contributed by atoms with Crippen LogP contribution >= 0.6 is 11.6 Å². The van der Waals surface area contributed by atoms with Gasteiger partial charge in [-0.05, 0) is 18.2 Å². The smallest absolute Gasteiger partial charge is 0.0992 e. The van der Waals surface area contributed by atoms with E-state index in [1.165, 1.54) is 5.39 Å². The van der Waals surface area contributed by atoms with Crippen molar-refractivity contribution in [3.63, 3.8) is 0 Å². The Labute approximate surface area is 126 Å². The molecule has 0 aliphatic heterocycles. The summed E-state index contributed by atoms with van der Waals surface area (Å²) in [5, 5.41) is 1.90. The average Bonchev–Trinajstić information content (AvgIpc) is 3.14. The van der Waals surface area contributed by atoms with Gasteiger partial charge in [-0.1, -0.05) is 41.9 Å². The summed E-state index contributed by atoms with van der Waals surface area (Å²) in [7, 11) is 0. The second-order valence-corrected chi connectivity index (χ2v) is 5.31.